The number of carbonyl (C=O) groups excluding carboxylic acids is 1. The Kier molecular flexibility index (Phi) is 13.4. The Morgan fingerprint density at radius 1 is 0.723 bits per heavy atom. The fourth-order valence-electron chi connectivity index (χ4n) is 14.8. The van der Waals surface area contributed by atoms with E-state index in [1.807, 2.05) is 13.8 Å². The Hall–Kier alpha value is -1.47. The standard InChI is InChI=1S/C46H74O19/c1-20-28-21-7-8-27-41(2)15-22(49)36(64-38-34(57)35(24(51)18-61-38)63-37-32(55)29(52)23(50)17-60-37)42(3,19-48)26(41)9-10-44(27,5)43(21,4)11-13-46(28,14-12-45(20,6)59)40(58)65-39-33(56)31(54)30(53)25(16-47)62-39/h7,20,22-39,47-57,59H,8-19H2,1-6H3/t20-,22-,23-,24+,25-,26-,27-,28+,29+,30-,31+,32-,33-,34-,35+,36+,37+,38+,39+,41+,42+,43-,44-,45+,46-/m1/s1. The van der Waals surface area contributed by atoms with E-state index in [1.54, 1.807) is 6.92 Å². The highest BCUT2D eigenvalue weighted by atomic mass is 16.7. The molecule has 65 heavy (non-hydrogen) atoms. The molecule has 3 saturated heterocycles. The zero-order valence-electron chi connectivity index (χ0n) is 38.3. The number of rotatable bonds is 8. The maximum Gasteiger partial charge on any atom is 0.315 e. The largest absolute Gasteiger partial charge is 0.432 e. The lowest BCUT2D eigenvalue weighted by Crippen LogP contribution is -2.70. The first-order valence-electron chi connectivity index (χ1n) is 23.5. The van der Waals surface area contributed by atoms with Gasteiger partial charge in [-0.15, -0.1) is 0 Å². The fraction of sp³-hybridized carbons (Fsp3) is 0.935. The van der Waals surface area contributed by atoms with E-state index < -0.39 is 149 Å². The topological polar surface area (TPSA) is 315 Å². The molecule has 19 nitrogen and oxygen atoms in total. The summed E-state index contributed by atoms with van der Waals surface area (Å²) in [5.41, 5.74) is -3.76. The van der Waals surface area contributed by atoms with Gasteiger partial charge in [-0.05, 0) is 92.3 Å². The van der Waals surface area contributed by atoms with Crippen LogP contribution in [0.2, 0.25) is 0 Å². The Balaban J connectivity index is 1.06. The van der Waals surface area contributed by atoms with E-state index in [-0.39, 0.29) is 44.5 Å². The van der Waals surface area contributed by atoms with Crippen molar-refractivity contribution in [3.63, 3.8) is 0 Å². The van der Waals surface area contributed by atoms with Crippen LogP contribution in [0.1, 0.15) is 92.9 Å². The van der Waals surface area contributed by atoms with E-state index >= 15 is 0 Å². The van der Waals surface area contributed by atoms with Crippen LogP contribution >= 0.6 is 0 Å². The average molecular weight is 931 g/mol. The lowest BCUT2D eigenvalue weighted by molar-refractivity contribution is -0.354. The van der Waals surface area contributed by atoms with Crippen molar-refractivity contribution in [1.29, 1.82) is 0 Å². The van der Waals surface area contributed by atoms with Gasteiger partial charge < -0.3 is 89.7 Å². The molecule has 0 spiro atoms. The molecule has 5 aliphatic carbocycles. The Morgan fingerprint density at radius 2 is 1.35 bits per heavy atom. The summed E-state index contributed by atoms with van der Waals surface area (Å²) >= 11 is 0. The second-order valence-corrected chi connectivity index (χ2v) is 22.3. The highest BCUT2D eigenvalue weighted by molar-refractivity contribution is 5.79. The molecule has 372 valence electrons. The third-order valence-electron chi connectivity index (χ3n) is 19.1. The van der Waals surface area contributed by atoms with Gasteiger partial charge in [-0.1, -0.05) is 46.3 Å². The van der Waals surface area contributed by atoms with Gasteiger partial charge in [0.05, 0.1) is 49.7 Å². The van der Waals surface area contributed by atoms with Gasteiger partial charge in [0.25, 0.3) is 0 Å². The van der Waals surface area contributed by atoms with Crippen molar-refractivity contribution in [2.24, 2.45) is 50.7 Å². The lowest BCUT2D eigenvalue weighted by Gasteiger charge is -2.72. The minimum Gasteiger partial charge on any atom is -0.432 e. The van der Waals surface area contributed by atoms with Crippen molar-refractivity contribution in [3.05, 3.63) is 11.6 Å². The SMILES string of the molecule is C[C@@H]1[C@H]2C3=CC[C@@H]4[C@@]5(C)C[C@@H](O)[C@H](O[C@@H]6OC[C@H](O)[C@H](O[C@@H]7OC[C@@H](O)[C@H](O)[C@H]7O)[C@H]6O)[C@@](C)(CO)[C@@H]5CC[C@@]4(C)[C@]3(C)CC[C@@]2(C(=O)O[C@@H]2O[C@H](CO)[C@@H](O)[C@H](O)[C@H]2O)CC[C@]1(C)O. The van der Waals surface area contributed by atoms with Crippen LogP contribution in [0.3, 0.4) is 0 Å². The number of fused-ring (bicyclic) bond motifs is 7. The predicted octanol–water partition coefficient (Wildman–Crippen LogP) is -1.67. The fourth-order valence-corrected chi connectivity index (χ4v) is 14.8. The molecule has 0 radical (unpaired) electrons. The molecule has 0 amide bonds. The third kappa shape index (κ3) is 7.52. The number of aliphatic hydroxyl groups is 12. The molecule has 0 aromatic rings. The summed E-state index contributed by atoms with van der Waals surface area (Å²) in [5.74, 6) is -1.77. The third-order valence-corrected chi connectivity index (χ3v) is 19.1. The lowest BCUT2D eigenvalue weighted by atomic mass is 9.33. The summed E-state index contributed by atoms with van der Waals surface area (Å²) in [6.45, 7) is 10.5. The molecular weight excluding hydrogens is 856 g/mol. The highest BCUT2D eigenvalue weighted by Gasteiger charge is 2.72. The molecule has 0 aromatic carbocycles. The van der Waals surface area contributed by atoms with Crippen molar-refractivity contribution in [2.45, 2.75) is 191 Å². The van der Waals surface area contributed by atoms with E-state index in [1.165, 1.54) is 0 Å². The van der Waals surface area contributed by atoms with E-state index in [9.17, 15) is 66.1 Å². The number of aliphatic hydroxyl groups excluding tert-OH is 11. The van der Waals surface area contributed by atoms with E-state index in [4.69, 9.17) is 28.4 Å². The zero-order valence-corrected chi connectivity index (χ0v) is 38.3. The van der Waals surface area contributed by atoms with Crippen molar-refractivity contribution in [3.8, 4) is 0 Å². The van der Waals surface area contributed by atoms with Crippen LogP contribution in [0.5, 0.6) is 0 Å². The summed E-state index contributed by atoms with van der Waals surface area (Å²) in [6.07, 6.45) is -16.3. The maximum absolute atomic E-state index is 14.7. The predicted molar refractivity (Wildman–Crippen MR) is 222 cm³/mol. The molecule has 7 fully saturated rings. The minimum atomic E-state index is -1.77. The minimum absolute atomic E-state index is 0.0304. The van der Waals surface area contributed by atoms with Crippen LogP contribution in [0.25, 0.3) is 0 Å². The first-order valence-corrected chi connectivity index (χ1v) is 23.5. The van der Waals surface area contributed by atoms with Crippen LogP contribution < -0.4 is 0 Å². The Labute approximate surface area is 379 Å². The number of hydrogen-bond donors (Lipinski definition) is 12. The number of esters is 1. The summed E-state index contributed by atoms with van der Waals surface area (Å²) in [4.78, 5) is 14.7. The molecule has 8 rings (SSSR count). The second kappa shape index (κ2) is 17.4. The molecular formula is C46H74O19. The zero-order chi connectivity index (χ0) is 47.6. The summed E-state index contributed by atoms with van der Waals surface area (Å²) in [5, 5.41) is 130. The molecule has 3 heterocycles. The van der Waals surface area contributed by atoms with Crippen LogP contribution in [0.4, 0.5) is 0 Å². The van der Waals surface area contributed by atoms with Crippen LogP contribution in [-0.2, 0) is 33.2 Å². The molecule has 12 N–H and O–H groups in total. The van der Waals surface area contributed by atoms with Crippen LogP contribution in [-0.4, -0.2) is 191 Å². The van der Waals surface area contributed by atoms with Gasteiger partial charge in [-0.2, -0.15) is 0 Å². The van der Waals surface area contributed by atoms with Gasteiger partial charge in [-0.25, -0.2) is 0 Å². The molecule has 0 aromatic heterocycles. The van der Waals surface area contributed by atoms with Gasteiger partial charge >= 0.3 is 5.97 Å². The van der Waals surface area contributed by atoms with Crippen LogP contribution in [0, 0.1) is 50.7 Å². The molecule has 0 bridgehead atoms. The Morgan fingerprint density at radius 3 is 2.02 bits per heavy atom. The average Bonchev–Trinajstić information content (AvgIpc) is 3.25. The van der Waals surface area contributed by atoms with Gasteiger partial charge in [0.15, 0.2) is 12.6 Å². The first kappa shape index (κ1) is 49.9. The molecule has 8 aliphatic rings. The Bertz CT molecular complexity index is 1780. The molecule has 0 unspecified atom stereocenters. The second-order valence-electron chi connectivity index (χ2n) is 22.3. The first-order chi connectivity index (χ1) is 30.4. The van der Waals surface area contributed by atoms with Crippen molar-refractivity contribution < 1.29 is 94.5 Å². The normalized spacial score (nSPS) is 56.9. The number of carbonyl (C=O) groups is 1. The van der Waals surface area contributed by atoms with Gasteiger partial charge in [0, 0.05) is 11.3 Å². The van der Waals surface area contributed by atoms with Gasteiger partial charge in [0.2, 0.25) is 6.29 Å². The van der Waals surface area contributed by atoms with Crippen molar-refractivity contribution in [2.75, 3.05) is 26.4 Å². The summed E-state index contributed by atoms with van der Waals surface area (Å²) in [6, 6.07) is 0. The number of allylic oxidation sites excluding steroid dienone is 2. The monoisotopic (exact) mass is 930 g/mol. The van der Waals surface area contributed by atoms with E-state index in [0.717, 1.165) is 5.57 Å². The molecule has 3 aliphatic heterocycles. The van der Waals surface area contributed by atoms with Crippen molar-refractivity contribution in [1.82, 2.24) is 0 Å². The van der Waals surface area contributed by atoms with E-state index in [2.05, 4.69) is 26.8 Å². The van der Waals surface area contributed by atoms with Crippen LogP contribution in [0.15, 0.2) is 11.6 Å². The molecule has 19 heteroatoms. The highest BCUT2D eigenvalue weighted by Crippen LogP contribution is 2.76. The van der Waals surface area contributed by atoms with Gasteiger partial charge in [-0.3, -0.25) is 4.79 Å². The molecule has 4 saturated carbocycles. The summed E-state index contributed by atoms with van der Waals surface area (Å²) < 4.78 is 34.9. The maximum atomic E-state index is 14.7. The molecule has 25 atom stereocenters. The number of ether oxygens (including phenoxy) is 6. The quantitative estimate of drug-likeness (QED) is 0.0736. The number of hydrogen-bond acceptors (Lipinski definition) is 19. The van der Waals surface area contributed by atoms with Gasteiger partial charge in [0.1, 0.15) is 61.0 Å². The smallest absolute Gasteiger partial charge is 0.315 e. The van der Waals surface area contributed by atoms with E-state index in [0.29, 0.717) is 38.5 Å². The summed E-state index contributed by atoms with van der Waals surface area (Å²) in [7, 11) is 0. The van der Waals surface area contributed by atoms with Crippen molar-refractivity contribution >= 4 is 5.97 Å².